The molecule has 0 aliphatic carbocycles. The molecule has 0 aromatic rings. The summed E-state index contributed by atoms with van der Waals surface area (Å²) in [4.78, 5) is 0. The molecular weight excluding hydrogens is 122 g/mol. The van der Waals surface area contributed by atoms with Crippen molar-refractivity contribution in [3.63, 3.8) is 0 Å². The minimum atomic E-state index is 0.487. The lowest BCUT2D eigenvalue weighted by Crippen LogP contribution is -2.20. The molecule has 10 heavy (non-hydrogen) atoms. The fourth-order valence-electron chi connectivity index (χ4n) is 1.81. The Morgan fingerprint density at radius 1 is 1.80 bits per heavy atom. The van der Waals surface area contributed by atoms with Gasteiger partial charge in [0.25, 0.3) is 0 Å². The van der Waals surface area contributed by atoms with Crippen molar-refractivity contribution in [1.82, 2.24) is 5.32 Å². The highest BCUT2D eigenvalue weighted by Crippen LogP contribution is 2.31. The van der Waals surface area contributed by atoms with Crippen molar-refractivity contribution < 1.29 is 0 Å². The second kappa shape index (κ2) is 2.75. The van der Waals surface area contributed by atoms with E-state index >= 15 is 0 Å². The third kappa shape index (κ3) is 1.60. The molecule has 1 saturated heterocycles. The number of rotatable bonds is 2. The average molecular weight is 139 g/mol. The van der Waals surface area contributed by atoms with Gasteiger partial charge in [-0.05, 0) is 25.2 Å². The minimum Gasteiger partial charge on any atom is -0.314 e. The molecule has 1 N–H and O–H groups in total. The molecule has 0 amide bonds. The zero-order valence-electron chi connectivity index (χ0n) is 6.98. The van der Waals surface area contributed by atoms with Gasteiger partial charge < -0.3 is 5.32 Å². The Morgan fingerprint density at radius 2 is 2.50 bits per heavy atom. The highest BCUT2D eigenvalue weighted by atomic mass is 15.0. The fourth-order valence-corrected chi connectivity index (χ4v) is 1.81. The normalized spacial score (nSPS) is 40.0. The van der Waals surface area contributed by atoms with Gasteiger partial charge in [-0.25, -0.2) is 0 Å². The third-order valence-corrected chi connectivity index (χ3v) is 2.31. The first-order valence-corrected chi connectivity index (χ1v) is 4.00. The molecule has 0 aromatic heterocycles. The van der Waals surface area contributed by atoms with Crippen LogP contribution in [-0.4, -0.2) is 12.6 Å². The summed E-state index contributed by atoms with van der Waals surface area (Å²) in [6.07, 6.45) is 4.46. The van der Waals surface area contributed by atoms with Gasteiger partial charge in [-0.2, -0.15) is 0 Å². The molecule has 2 atom stereocenters. The van der Waals surface area contributed by atoms with Crippen molar-refractivity contribution in [3.05, 3.63) is 12.7 Å². The quantitative estimate of drug-likeness (QED) is 0.577. The monoisotopic (exact) mass is 139 g/mol. The molecule has 0 bridgehead atoms. The van der Waals surface area contributed by atoms with E-state index in [-0.39, 0.29) is 0 Å². The summed E-state index contributed by atoms with van der Waals surface area (Å²) in [5.41, 5.74) is 0.487. The smallest absolute Gasteiger partial charge is 0.00447 e. The number of hydrogen-bond acceptors (Lipinski definition) is 1. The molecule has 0 spiro atoms. The van der Waals surface area contributed by atoms with Gasteiger partial charge in [-0.1, -0.05) is 13.0 Å². The molecule has 1 nitrogen and oxygen atoms in total. The summed E-state index contributed by atoms with van der Waals surface area (Å²) in [6, 6.07) is 0.699. The van der Waals surface area contributed by atoms with Crippen molar-refractivity contribution in [1.29, 1.82) is 0 Å². The van der Waals surface area contributed by atoms with Crippen LogP contribution >= 0.6 is 0 Å². The highest BCUT2D eigenvalue weighted by molar-refractivity contribution is 4.92. The van der Waals surface area contributed by atoms with Gasteiger partial charge in [-0.3, -0.25) is 0 Å². The van der Waals surface area contributed by atoms with E-state index in [2.05, 4.69) is 25.7 Å². The predicted molar refractivity (Wildman–Crippen MR) is 45.0 cm³/mol. The van der Waals surface area contributed by atoms with E-state index in [9.17, 15) is 0 Å². The van der Waals surface area contributed by atoms with Gasteiger partial charge in [0.15, 0.2) is 0 Å². The number of hydrogen-bond donors (Lipinski definition) is 1. The maximum atomic E-state index is 3.77. The first-order valence-electron chi connectivity index (χ1n) is 4.00. The van der Waals surface area contributed by atoms with Gasteiger partial charge in [0.05, 0.1) is 0 Å². The largest absolute Gasteiger partial charge is 0.314 e. The van der Waals surface area contributed by atoms with Crippen LogP contribution < -0.4 is 5.32 Å². The molecule has 0 aromatic carbocycles. The lowest BCUT2D eigenvalue weighted by Gasteiger charge is -2.19. The van der Waals surface area contributed by atoms with Crippen molar-refractivity contribution in [3.8, 4) is 0 Å². The Balaban J connectivity index is 2.45. The number of nitrogens with one attached hydrogen (secondary N) is 1. The standard InChI is InChI=1S/C9H17N/c1-4-5-9(3)6-8(2)10-7-9/h4,8,10H,1,5-7H2,2-3H3/t8?,9-/m1/s1. The van der Waals surface area contributed by atoms with Crippen LogP contribution in [0, 0.1) is 5.41 Å². The van der Waals surface area contributed by atoms with E-state index in [1.165, 1.54) is 6.42 Å². The van der Waals surface area contributed by atoms with E-state index in [0.717, 1.165) is 13.0 Å². The van der Waals surface area contributed by atoms with E-state index in [1.807, 2.05) is 6.08 Å². The van der Waals surface area contributed by atoms with Gasteiger partial charge in [0, 0.05) is 12.6 Å². The maximum absolute atomic E-state index is 3.77. The summed E-state index contributed by atoms with van der Waals surface area (Å²) in [7, 11) is 0. The molecule has 1 heterocycles. The first-order chi connectivity index (χ1) is 4.66. The molecule has 1 heteroatoms. The minimum absolute atomic E-state index is 0.487. The van der Waals surface area contributed by atoms with E-state index in [4.69, 9.17) is 0 Å². The Morgan fingerprint density at radius 3 is 2.90 bits per heavy atom. The second-order valence-corrected chi connectivity index (χ2v) is 3.79. The van der Waals surface area contributed by atoms with E-state index in [1.54, 1.807) is 0 Å². The summed E-state index contributed by atoms with van der Waals surface area (Å²) in [6.45, 7) is 9.49. The van der Waals surface area contributed by atoms with Gasteiger partial charge in [0.1, 0.15) is 0 Å². The molecule has 1 unspecified atom stereocenters. The highest BCUT2D eigenvalue weighted by Gasteiger charge is 2.30. The molecular formula is C9H17N. The van der Waals surface area contributed by atoms with E-state index < -0.39 is 0 Å². The van der Waals surface area contributed by atoms with Gasteiger partial charge >= 0.3 is 0 Å². The molecule has 58 valence electrons. The SMILES string of the molecule is C=CC[C@@]1(C)CNC(C)C1. The van der Waals surface area contributed by atoms with Crippen LogP contribution in [-0.2, 0) is 0 Å². The molecule has 1 rings (SSSR count). The zero-order chi connectivity index (χ0) is 7.61. The van der Waals surface area contributed by atoms with Crippen molar-refractivity contribution >= 4 is 0 Å². The molecule has 1 aliphatic heterocycles. The summed E-state index contributed by atoms with van der Waals surface area (Å²) >= 11 is 0. The van der Waals surface area contributed by atoms with Crippen LogP contribution in [0.2, 0.25) is 0 Å². The molecule has 1 aliphatic rings. The Hall–Kier alpha value is -0.300. The number of allylic oxidation sites excluding steroid dienone is 1. The maximum Gasteiger partial charge on any atom is 0.00447 e. The summed E-state index contributed by atoms with van der Waals surface area (Å²) in [5.74, 6) is 0. The topological polar surface area (TPSA) is 12.0 Å². The van der Waals surface area contributed by atoms with Crippen molar-refractivity contribution in [2.75, 3.05) is 6.54 Å². The third-order valence-electron chi connectivity index (χ3n) is 2.31. The van der Waals surface area contributed by atoms with Gasteiger partial charge in [0.2, 0.25) is 0 Å². The van der Waals surface area contributed by atoms with Crippen LogP contribution in [0.4, 0.5) is 0 Å². The molecule has 0 radical (unpaired) electrons. The van der Waals surface area contributed by atoms with Gasteiger partial charge in [-0.15, -0.1) is 6.58 Å². The average Bonchev–Trinajstić information content (AvgIpc) is 2.12. The van der Waals surface area contributed by atoms with Crippen LogP contribution in [0.3, 0.4) is 0 Å². The Bertz CT molecular complexity index is 131. The van der Waals surface area contributed by atoms with E-state index in [0.29, 0.717) is 11.5 Å². The lowest BCUT2D eigenvalue weighted by atomic mass is 9.85. The Labute approximate surface area is 63.5 Å². The predicted octanol–water partition coefficient (Wildman–Crippen LogP) is 1.95. The lowest BCUT2D eigenvalue weighted by molar-refractivity contribution is 0.364. The first kappa shape index (κ1) is 7.80. The summed E-state index contributed by atoms with van der Waals surface area (Å²) < 4.78 is 0. The van der Waals surface area contributed by atoms with Crippen LogP contribution in [0.5, 0.6) is 0 Å². The van der Waals surface area contributed by atoms with Crippen LogP contribution in [0.25, 0.3) is 0 Å². The second-order valence-electron chi connectivity index (χ2n) is 3.79. The van der Waals surface area contributed by atoms with Crippen LogP contribution in [0.15, 0.2) is 12.7 Å². The van der Waals surface area contributed by atoms with Crippen LogP contribution in [0.1, 0.15) is 26.7 Å². The Kier molecular flexibility index (Phi) is 2.14. The molecule has 0 saturated carbocycles. The fraction of sp³-hybridized carbons (Fsp3) is 0.778. The van der Waals surface area contributed by atoms with Crippen molar-refractivity contribution in [2.24, 2.45) is 5.41 Å². The van der Waals surface area contributed by atoms with Crippen molar-refractivity contribution in [2.45, 2.75) is 32.7 Å². The zero-order valence-corrected chi connectivity index (χ0v) is 6.98. The molecule has 1 fully saturated rings. The summed E-state index contributed by atoms with van der Waals surface area (Å²) in [5, 5.41) is 3.45.